The number of hydrogen-bond donors (Lipinski definition) is 2. The molecule has 3 N–H and O–H groups in total. The number of nitrogens with two attached hydrogens (primary N) is 1. The molecule has 0 amide bonds. The van der Waals surface area contributed by atoms with E-state index < -0.39 is 0 Å². The van der Waals surface area contributed by atoms with Crippen LogP contribution in [-0.4, -0.2) is 32.3 Å². The number of hydrogen-bond acceptors (Lipinski definition) is 3. The quantitative estimate of drug-likeness (QED) is 0.635. The Kier molecular flexibility index (Phi) is 4.21. The predicted molar refractivity (Wildman–Crippen MR) is 70.7 cm³/mol. The van der Waals surface area contributed by atoms with Gasteiger partial charge in [-0.15, -0.1) is 0 Å². The van der Waals surface area contributed by atoms with Gasteiger partial charge in [-0.3, -0.25) is 0 Å². The largest absolute Gasteiger partial charge is 0.491 e. The molecule has 1 aromatic rings. The van der Waals surface area contributed by atoms with E-state index >= 15 is 0 Å². The average molecular weight is 267 g/mol. The Labute approximate surface area is 111 Å². The Morgan fingerprint density at radius 3 is 3.21 bits per heavy atom. The first-order valence-corrected chi connectivity index (χ1v) is 6.11. The Morgan fingerprint density at radius 2 is 2.47 bits per heavy atom. The lowest BCUT2D eigenvalue weighted by Gasteiger charge is -2.14. The highest BCUT2D eigenvalue weighted by Gasteiger charge is 2.24. The summed E-state index contributed by atoms with van der Waals surface area (Å²) in [6, 6.07) is 4.20. The molecule has 0 aromatic heterocycles. The lowest BCUT2D eigenvalue weighted by atomic mass is 10.1. The molecule has 1 heterocycles. The maximum absolute atomic E-state index is 13.2. The van der Waals surface area contributed by atoms with Crippen LogP contribution in [0.4, 0.5) is 4.39 Å². The standard InChI is InChI=1S/C13H18FN3O2/c1-8(6-18-2)16-13(15)17-11-7-19-12-4-3-9(14)5-10(11)12/h3-5,8,11H,6-7H2,1-2H3,(H3,15,16,17). The van der Waals surface area contributed by atoms with Crippen molar-refractivity contribution in [3.63, 3.8) is 0 Å². The van der Waals surface area contributed by atoms with Gasteiger partial charge in [0.2, 0.25) is 0 Å². The van der Waals surface area contributed by atoms with Gasteiger partial charge in [-0.25, -0.2) is 9.38 Å². The van der Waals surface area contributed by atoms with Gasteiger partial charge in [0, 0.05) is 18.7 Å². The first-order chi connectivity index (χ1) is 9.10. The zero-order valence-electron chi connectivity index (χ0n) is 11.0. The molecule has 0 saturated heterocycles. The second-order valence-corrected chi connectivity index (χ2v) is 4.52. The Balaban J connectivity index is 2.07. The number of methoxy groups -OCH3 is 1. The summed E-state index contributed by atoms with van der Waals surface area (Å²) in [6.45, 7) is 2.84. The van der Waals surface area contributed by atoms with Gasteiger partial charge < -0.3 is 20.5 Å². The van der Waals surface area contributed by atoms with E-state index in [1.807, 2.05) is 6.92 Å². The Bertz CT molecular complexity index is 479. The van der Waals surface area contributed by atoms with Crippen LogP contribution in [0, 0.1) is 5.82 Å². The van der Waals surface area contributed by atoms with E-state index in [2.05, 4.69) is 10.3 Å². The summed E-state index contributed by atoms with van der Waals surface area (Å²) in [6.07, 6.45) is 0. The van der Waals surface area contributed by atoms with Crippen molar-refractivity contribution in [2.75, 3.05) is 20.3 Å². The number of guanidine groups is 1. The summed E-state index contributed by atoms with van der Waals surface area (Å²) in [5.74, 6) is 0.659. The number of benzene rings is 1. The third-order valence-electron chi connectivity index (χ3n) is 2.83. The smallest absolute Gasteiger partial charge is 0.189 e. The average Bonchev–Trinajstić information content (AvgIpc) is 2.72. The molecule has 1 aliphatic heterocycles. The maximum atomic E-state index is 13.2. The minimum atomic E-state index is -0.302. The topological polar surface area (TPSA) is 68.9 Å². The van der Waals surface area contributed by atoms with Crippen LogP contribution in [0.3, 0.4) is 0 Å². The van der Waals surface area contributed by atoms with Gasteiger partial charge in [0.1, 0.15) is 24.2 Å². The van der Waals surface area contributed by atoms with E-state index in [0.717, 1.165) is 5.56 Å². The number of rotatable bonds is 4. The van der Waals surface area contributed by atoms with Crippen LogP contribution in [0.25, 0.3) is 0 Å². The van der Waals surface area contributed by atoms with E-state index in [-0.39, 0.29) is 17.9 Å². The second-order valence-electron chi connectivity index (χ2n) is 4.52. The van der Waals surface area contributed by atoms with Crippen LogP contribution in [-0.2, 0) is 4.74 Å². The molecule has 2 rings (SSSR count). The van der Waals surface area contributed by atoms with Crippen molar-refractivity contribution in [1.29, 1.82) is 0 Å². The van der Waals surface area contributed by atoms with Crippen LogP contribution in [0.2, 0.25) is 0 Å². The van der Waals surface area contributed by atoms with Crippen molar-refractivity contribution in [1.82, 2.24) is 5.32 Å². The third-order valence-corrected chi connectivity index (χ3v) is 2.83. The summed E-state index contributed by atoms with van der Waals surface area (Å²) >= 11 is 0. The number of fused-ring (bicyclic) bond motifs is 1. The molecule has 0 aliphatic carbocycles. The fourth-order valence-corrected chi connectivity index (χ4v) is 2.03. The zero-order chi connectivity index (χ0) is 13.8. The van der Waals surface area contributed by atoms with E-state index in [9.17, 15) is 4.39 Å². The van der Waals surface area contributed by atoms with Gasteiger partial charge in [0.05, 0.1) is 6.61 Å². The summed E-state index contributed by atoms with van der Waals surface area (Å²) in [4.78, 5) is 4.32. The summed E-state index contributed by atoms with van der Waals surface area (Å²) in [5, 5.41) is 3.01. The predicted octanol–water partition coefficient (Wildman–Crippen LogP) is 1.20. The monoisotopic (exact) mass is 267 g/mol. The van der Waals surface area contributed by atoms with Gasteiger partial charge in [0.15, 0.2) is 5.96 Å². The van der Waals surface area contributed by atoms with Gasteiger partial charge in [-0.05, 0) is 25.1 Å². The molecule has 6 heteroatoms. The van der Waals surface area contributed by atoms with Crippen molar-refractivity contribution < 1.29 is 13.9 Å². The number of nitrogens with zero attached hydrogens (tertiary/aromatic N) is 1. The molecular formula is C13H18FN3O2. The van der Waals surface area contributed by atoms with Gasteiger partial charge in [-0.2, -0.15) is 0 Å². The SMILES string of the molecule is COCC(C)NC(N)=NC1COc2ccc(F)cc21. The first kappa shape index (κ1) is 13.6. The van der Waals surface area contributed by atoms with E-state index in [1.54, 1.807) is 13.2 Å². The van der Waals surface area contributed by atoms with Crippen LogP contribution in [0.15, 0.2) is 23.2 Å². The van der Waals surface area contributed by atoms with Crippen molar-refractivity contribution in [3.8, 4) is 5.75 Å². The molecule has 104 valence electrons. The number of ether oxygens (including phenoxy) is 2. The Morgan fingerprint density at radius 1 is 1.68 bits per heavy atom. The molecule has 1 aromatic carbocycles. The fourth-order valence-electron chi connectivity index (χ4n) is 2.03. The second kappa shape index (κ2) is 5.88. The maximum Gasteiger partial charge on any atom is 0.189 e. The highest BCUT2D eigenvalue weighted by Crippen LogP contribution is 2.34. The molecule has 2 atom stereocenters. The number of aliphatic imine (C=N–C) groups is 1. The molecule has 2 unspecified atom stereocenters. The minimum absolute atomic E-state index is 0.0584. The first-order valence-electron chi connectivity index (χ1n) is 6.11. The van der Waals surface area contributed by atoms with E-state index in [0.29, 0.717) is 24.9 Å². The molecule has 19 heavy (non-hydrogen) atoms. The number of nitrogens with one attached hydrogen (secondary N) is 1. The van der Waals surface area contributed by atoms with Crippen LogP contribution >= 0.6 is 0 Å². The van der Waals surface area contributed by atoms with Gasteiger partial charge in [0.25, 0.3) is 0 Å². The van der Waals surface area contributed by atoms with Crippen LogP contribution in [0.1, 0.15) is 18.5 Å². The van der Waals surface area contributed by atoms with Crippen molar-refractivity contribution in [3.05, 3.63) is 29.6 Å². The van der Waals surface area contributed by atoms with Crippen LogP contribution in [0.5, 0.6) is 5.75 Å². The Hall–Kier alpha value is -1.82. The molecule has 0 radical (unpaired) electrons. The minimum Gasteiger partial charge on any atom is -0.491 e. The normalized spacial score (nSPS) is 19.7. The van der Waals surface area contributed by atoms with Gasteiger partial charge in [-0.1, -0.05) is 0 Å². The van der Waals surface area contributed by atoms with Crippen molar-refractivity contribution in [2.45, 2.75) is 19.0 Å². The zero-order valence-corrected chi connectivity index (χ0v) is 11.0. The summed E-state index contributed by atoms with van der Waals surface area (Å²) in [5.41, 5.74) is 6.54. The number of halogens is 1. The van der Waals surface area contributed by atoms with E-state index in [1.165, 1.54) is 12.1 Å². The molecule has 1 aliphatic rings. The molecule has 0 saturated carbocycles. The van der Waals surface area contributed by atoms with Crippen LogP contribution < -0.4 is 15.8 Å². The van der Waals surface area contributed by atoms with Gasteiger partial charge >= 0.3 is 0 Å². The van der Waals surface area contributed by atoms with Crippen molar-refractivity contribution >= 4 is 5.96 Å². The molecule has 0 bridgehead atoms. The highest BCUT2D eigenvalue weighted by atomic mass is 19.1. The lowest BCUT2D eigenvalue weighted by molar-refractivity contribution is 0.179. The molecular weight excluding hydrogens is 249 g/mol. The molecule has 0 fully saturated rings. The summed E-state index contributed by atoms with van der Waals surface area (Å²) in [7, 11) is 1.62. The lowest BCUT2D eigenvalue weighted by Crippen LogP contribution is -2.41. The molecule has 0 spiro atoms. The fraction of sp³-hybridized carbons (Fsp3) is 0.462. The van der Waals surface area contributed by atoms with E-state index in [4.69, 9.17) is 15.2 Å². The van der Waals surface area contributed by atoms with Crippen molar-refractivity contribution in [2.24, 2.45) is 10.7 Å². The summed E-state index contributed by atoms with van der Waals surface area (Å²) < 4.78 is 23.7. The third kappa shape index (κ3) is 3.35. The highest BCUT2D eigenvalue weighted by molar-refractivity contribution is 5.78. The molecule has 5 nitrogen and oxygen atoms in total.